The van der Waals surface area contributed by atoms with Crippen molar-refractivity contribution in [3.63, 3.8) is 0 Å². The normalized spacial score (nSPS) is 11.8. The second kappa shape index (κ2) is 11.3. The molecule has 0 heterocycles. The lowest BCUT2D eigenvalue weighted by molar-refractivity contribution is -0.106. The summed E-state index contributed by atoms with van der Waals surface area (Å²) >= 11 is 0. The Balaban J connectivity index is 0.00000122. The van der Waals surface area contributed by atoms with E-state index in [1.807, 2.05) is 19.1 Å². The molecular weight excluding hydrogens is 273 g/mol. The molecule has 5 heteroatoms. The largest absolute Gasteiger partial charge is 0.512 e. The van der Waals surface area contributed by atoms with E-state index in [1.165, 1.54) is 18.2 Å². The molecule has 3 N–H and O–H groups in total. The van der Waals surface area contributed by atoms with Gasteiger partial charge in [0.05, 0.1) is 5.76 Å². The Morgan fingerprint density at radius 2 is 1.95 bits per heavy atom. The van der Waals surface area contributed by atoms with Crippen LogP contribution in [0.2, 0.25) is 0 Å². The smallest absolute Gasteiger partial charge is 0.204 e. The minimum absolute atomic E-state index is 0.171. The minimum Gasteiger partial charge on any atom is -0.512 e. The molecule has 0 atom stereocenters. The number of benzene rings is 1. The van der Waals surface area contributed by atoms with Crippen molar-refractivity contribution in [1.82, 2.24) is 0 Å². The highest BCUT2D eigenvalue weighted by atomic mass is 19.1. The van der Waals surface area contributed by atoms with Crippen LogP contribution in [-0.2, 0) is 16.1 Å². The SMILES string of the molecule is C/C=C/C=C(\C=C(/C)O)OCc1ccc(F)cc1.NC=O. The first-order valence-corrected chi connectivity index (χ1v) is 6.26. The lowest BCUT2D eigenvalue weighted by Crippen LogP contribution is -1.93. The van der Waals surface area contributed by atoms with Crippen molar-refractivity contribution in [3.8, 4) is 0 Å². The number of nitrogens with two attached hydrogens (primary N) is 1. The van der Waals surface area contributed by atoms with Gasteiger partial charge in [0, 0.05) is 6.08 Å². The summed E-state index contributed by atoms with van der Waals surface area (Å²) in [5, 5.41) is 9.22. The lowest BCUT2D eigenvalue weighted by atomic mass is 10.2. The van der Waals surface area contributed by atoms with E-state index in [1.54, 1.807) is 25.1 Å². The Morgan fingerprint density at radius 1 is 1.38 bits per heavy atom. The summed E-state index contributed by atoms with van der Waals surface area (Å²) in [6.45, 7) is 3.79. The number of carbonyl (C=O) groups is 1. The third-order valence-corrected chi connectivity index (χ3v) is 2.12. The van der Waals surface area contributed by atoms with Crippen molar-refractivity contribution in [1.29, 1.82) is 0 Å². The fourth-order valence-corrected chi connectivity index (χ4v) is 1.28. The van der Waals surface area contributed by atoms with Crippen LogP contribution in [0.1, 0.15) is 19.4 Å². The molecule has 1 aromatic rings. The van der Waals surface area contributed by atoms with Crippen LogP contribution in [0.5, 0.6) is 0 Å². The minimum atomic E-state index is -0.269. The Hall–Kier alpha value is -2.56. The molecule has 0 aliphatic carbocycles. The molecule has 4 nitrogen and oxygen atoms in total. The summed E-state index contributed by atoms with van der Waals surface area (Å²) in [5.41, 5.74) is 5.03. The van der Waals surface area contributed by atoms with Gasteiger partial charge in [-0.3, -0.25) is 4.79 Å². The fourth-order valence-electron chi connectivity index (χ4n) is 1.28. The van der Waals surface area contributed by atoms with Crippen LogP contribution in [0.4, 0.5) is 4.39 Å². The number of aliphatic hydroxyl groups is 1. The van der Waals surface area contributed by atoms with Crippen LogP contribution < -0.4 is 5.73 Å². The highest BCUT2D eigenvalue weighted by Gasteiger charge is 1.98. The van der Waals surface area contributed by atoms with E-state index < -0.39 is 0 Å². The monoisotopic (exact) mass is 293 g/mol. The maximum atomic E-state index is 12.7. The van der Waals surface area contributed by atoms with Gasteiger partial charge in [-0.05, 0) is 37.6 Å². The molecule has 0 bridgehead atoms. The zero-order valence-electron chi connectivity index (χ0n) is 12.1. The zero-order chi connectivity index (χ0) is 16.1. The summed E-state index contributed by atoms with van der Waals surface area (Å²) in [7, 11) is 0. The number of primary amides is 1. The number of hydrogen-bond acceptors (Lipinski definition) is 3. The number of amides is 1. The molecule has 1 rings (SSSR count). The van der Waals surface area contributed by atoms with E-state index in [0.29, 0.717) is 12.4 Å². The summed E-state index contributed by atoms with van der Waals surface area (Å²) in [5.74, 6) is 0.455. The van der Waals surface area contributed by atoms with Crippen molar-refractivity contribution in [3.05, 3.63) is 71.5 Å². The molecule has 0 saturated heterocycles. The van der Waals surface area contributed by atoms with Gasteiger partial charge in [-0.1, -0.05) is 24.3 Å². The highest BCUT2D eigenvalue weighted by molar-refractivity contribution is 5.42. The van der Waals surface area contributed by atoms with Crippen LogP contribution in [0.25, 0.3) is 0 Å². The molecule has 0 aromatic heterocycles. The Labute approximate surface area is 124 Å². The summed E-state index contributed by atoms with van der Waals surface area (Å²) in [4.78, 5) is 8.58. The molecule has 1 aromatic carbocycles. The second-order valence-corrected chi connectivity index (χ2v) is 3.93. The van der Waals surface area contributed by atoms with Gasteiger partial charge >= 0.3 is 0 Å². The van der Waals surface area contributed by atoms with Crippen molar-refractivity contribution in [2.45, 2.75) is 20.5 Å². The molecule has 0 fully saturated rings. The third-order valence-electron chi connectivity index (χ3n) is 2.12. The molecule has 0 unspecified atom stereocenters. The predicted molar refractivity (Wildman–Crippen MR) is 80.7 cm³/mol. The predicted octanol–water partition coefficient (Wildman–Crippen LogP) is 3.37. The first kappa shape index (κ1) is 18.4. The van der Waals surface area contributed by atoms with Crippen LogP contribution in [-0.4, -0.2) is 11.5 Å². The summed E-state index contributed by atoms with van der Waals surface area (Å²) in [6, 6.07) is 6.11. The molecule has 21 heavy (non-hydrogen) atoms. The van der Waals surface area contributed by atoms with E-state index in [4.69, 9.17) is 9.53 Å². The second-order valence-electron chi connectivity index (χ2n) is 3.93. The van der Waals surface area contributed by atoms with Crippen molar-refractivity contribution >= 4 is 6.41 Å². The number of allylic oxidation sites excluding steroid dienone is 5. The standard InChI is InChI=1S/C15H17FO2.CH3NO/c1-3-4-5-15(10-12(2)17)18-11-13-6-8-14(16)9-7-13;2-1-3/h3-10,17H,11H2,1-2H3;1H,(H2,2,3)/b4-3+,12-10+,15-5+;. The van der Waals surface area contributed by atoms with E-state index >= 15 is 0 Å². The molecule has 0 spiro atoms. The van der Waals surface area contributed by atoms with E-state index in [-0.39, 0.29) is 18.0 Å². The zero-order valence-corrected chi connectivity index (χ0v) is 12.1. The van der Waals surface area contributed by atoms with Crippen LogP contribution in [0, 0.1) is 5.82 Å². The van der Waals surface area contributed by atoms with Gasteiger partial charge < -0.3 is 15.6 Å². The van der Waals surface area contributed by atoms with E-state index in [9.17, 15) is 9.50 Å². The first-order valence-electron chi connectivity index (χ1n) is 6.26. The van der Waals surface area contributed by atoms with Gasteiger partial charge in [-0.2, -0.15) is 0 Å². The van der Waals surface area contributed by atoms with E-state index in [2.05, 4.69) is 5.73 Å². The number of ether oxygens (including phenoxy) is 1. The van der Waals surface area contributed by atoms with Crippen LogP contribution in [0.15, 0.2) is 60.1 Å². The molecule has 0 radical (unpaired) electrons. The maximum Gasteiger partial charge on any atom is 0.204 e. The third kappa shape index (κ3) is 9.95. The van der Waals surface area contributed by atoms with E-state index in [0.717, 1.165) is 5.56 Å². The Morgan fingerprint density at radius 3 is 2.43 bits per heavy atom. The molecule has 0 saturated carbocycles. The molecule has 0 aliphatic rings. The maximum absolute atomic E-state index is 12.7. The molecule has 114 valence electrons. The number of rotatable bonds is 5. The number of halogens is 1. The molecule has 1 amide bonds. The van der Waals surface area contributed by atoms with Crippen molar-refractivity contribution < 1.29 is 19.0 Å². The average molecular weight is 293 g/mol. The number of hydrogen-bond donors (Lipinski definition) is 2. The number of aliphatic hydroxyl groups excluding tert-OH is 1. The lowest BCUT2D eigenvalue weighted by Gasteiger charge is -2.07. The Kier molecular flexibility index (Phi) is 9.91. The first-order chi connectivity index (χ1) is 10.0. The Bertz CT molecular complexity index is 501. The van der Waals surface area contributed by atoms with Gasteiger partial charge in [0.2, 0.25) is 6.41 Å². The average Bonchev–Trinajstić information content (AvgIpc) is 2.44. The van der Waals surface area contributed by atoms with Gasteiger partial charge in [0.1, 0.15) is 18.2 Å². The van der Waals surface area contributed by atoms with Gasteiger partial charge in [-0.15, -0.1) is 0 Å². The topological polar surface area (TPSA) is 72.6 Å². The van der Waals surface area contributed by atoms with Gasteiger partial charge in [0.15, 0.2) is 0 Å². The highest BCUT2D eigenvalue weighted by Crippen LogP contribution is 2.10. The van der Waals surface area contributed by atoms with Crippen LogP contribution >= 0.6 is 0 Å². The van der Waals surface area contributed by atoms with Crippen molar-refractivity contribution in [2.75, 3.05) is 0 Å². The van der Waals surface area contributed by atoms with Gasteiger partial charge in [-0.25, -0.2) is 4.39 Å². The number of carbonyl (C=O) groups excluding carboxylic acids is 1. The summed E-state index contributed by atoms with van der Waals surface area (Å²) < 4.78 is 18.3. The van der Waals surface area contributed by atoms with Gasteiger partial charge in [0.25, 0.3) is 0 Å². The van der Waals surface area contributed by atoms with Crippen molar-refractivity contribution in [2.24, 2.45) is 5.73 Å². The summed E-state index contributed by atoms with van der Waals surface area (Å²) in [6.07, 6.45) is 7.22. The van der Waals surface area contributed by atoms with Crippen LogP contribution in [0.3, 0.4) is 0 Å². The quantitative estimate of drug-likeness (QED) is 0.496. The fraction of sp³-hybridized carbons (Fsp3) is 0.188. The molecular formula is C16H20FNO3. The molecule has 0 aliphatic heterocycles.